The van der Waals surface area contributed by atoms with Crippen molar-refractivity contribution in [2.45, 2.75) is 13.3 Å². The normalized spacial score (nSPS) is 14.0. The number of carbonyl (C=O) groups is 1. The maximum absolute atomic E-state index is 12.1. The van der Waals surface area contributed by atoms with Gasteiger partial charge in [-0.3, -0.25) is 9.79 Å². The van der Waals surface area contributed by atoms with Crippen LogP contribution in [0.4, 0.5) is 11.4 Å². The first-order valence-corrected chi connectivity index (χ1v) is 10.4. The zero-order chi connectivity index (χ0) is 20.5. The van der Waals surface area contributed by atoms with E-state index in [9.17, 15) is 4.79 Å². The third-order valence-electron chi connectivity index (χ3n) is 4.25. The van der Waals surface area contributed by atoms with Crippen LogP contribution in [-0.2, 0) is 4.79 Å². The number of amides is 1. The van der Waals surface area contributed by atoms with Gasteiger partial charge in [0.1, 0.15) is 5.75 Å². The Balaban J connectivity index is 1.51. The molecule has 152 valence electrons. The molecule has 0 saturated carbocycles. The van der Waals surface area contributed by atoms with Crippen molar-refractivity contribution in [3.8, 4) is 5.75 Å². The summed E-state index contributed by atoms with van der Waals surface area (Å²) >= 11 is 1.74. The van der Waals surface area contributed by atoms with Crippen LogP contribution in [0.2, 0.25) is 0 Å². The lowest BCUT2D eigenvalue weighted by Crippen LogP contribution is -2.26. The predicted octanol–water partition coefficient (Wildman–Crippen LogP) is 3.55. The van der Waals surface area contributed by atoms with Gasteiger partial charge in [0.15, 0.2) is 5.17 Å². The van der Waals surface area contributed by atoms with Crippen molar-refractivity contribution in [3.63, 3.8) is 0 Å². The van der Waals surface area contributed by atoms with Crippen molar-refractivity contribution >= 4 is 39.9 Å². The molecule has 2 aromatic rings. The number of aliphatic imine (C=N–C) groups is 1. The summed E-state index contributed by atoms with van der Waals surface area (Å²) in [5.74, 6) is 1.55. The molecule has 1 amide bonds. The summed E-state index contributed by atoms with van der Waals surface area (Å²) in [5.41, 5.74) is 5.99. The molecule has 0 spiro atoms. The number of nitrogens with one attached hydrogen (secondary N) is 3. The maximum Gasteiger partial charge on any atom is 0.259 e. The lowest BCUT2D eigenvalue weighted by Gasteiger charge is -2.13. The van der Waals surface area contributed by atoms with E-state index in [0.717, 1.165) is 46.5 Å². The lowest BCUT2D eigenvalue weighted by atomic mass is 10.1. The lowest BCUT2D eigenvalue weighted by molar-refractivity contribution is -0.119. The van der Waals surface area contributed by atoms with Gasteiger partial charge in [0, 0.05) is 18.0 Å². The van der Waals surface area contributed by atoms with Gasteiger partial charge in [-0.05, 0) is 43.2 Å². The van der Waals surface area contributed by atoms with Crippen LogP contribution in [0.1, 0.15) is 18.9 Å². The Morgan fingerprint density at radius 3 is 2.72 bits per heavy atom. The molecule has 0 bridgehead atoms. The molecule has 0 aromatic heterocycles. The first-order chi connectivity index (χ1) is 14.2. The first-order valence-electron chi connectivity index (χ1n) is 9.40. The van der Waals surface area contributed by atoms with E-state index in [0.29, 0.717) is 5.75 Å². The smallest absolute Gasteiger partial charge is 0.259 e. The number of ether oxygens (including phenoxy) is 1. The van der Waals surface area contributed by atoms with E-state index < -0.39 is 0 Å². The second-order valence-electron chi connectivity index (χ2n) is 6.38. The summed E-state index contributed by atoms with van der Waals surface area (Å²) in [6.45, 7) is 2.84. The van der Waals surface area contributed by atoms with Gasteiger partial charge >= 0.3 is 0 Å². The molecule has 0 radical (unpaired) electrons. The minimum Gasteiger partial charge on any atom is -0.495 e. The van der Waals surface area contributed by atoms with Crippen molar-refractivity contribution in [2.24, 2.45) is 10.1 Å². The number of hydrogen-bond acceptors (Lipinski definition) is 7. The van der Waals surface area contributed by atoms with Gasteiger partial charge in [0.2, 0.25) is 0 Å². The Bertz CT molecular complexity index is 896. The molecule has 29 heavy (non-hydrogen) atoms. The van der Waals surface area contributed by atoms with Gasteiger partial charge in [-0.2, -0.15) is 5.10 Å². The number of nitrogens with zero attached hydrogens (tertiary/aromatic N) is 2. The van der Waals surface area contributed by atoms with Crippen molar-refractivity contribution in [3.05, 3.63) is 54.1 Å². The molecule has 0 saturated heterocycles. The highest BCUT2D eigenvalue weighted by molar-refractivity contribution is 8.14. The van der Waals surface area contributed by atoms with Crippen LogP contribution in [0.25, 0.3) is 0 Å². The van der Waals surface area contributed by atoms with Crippen molar-refractivity contribution in [1.82, 2.24) is 5.43 Å². The third kappa shape index (κ3) is 6.25. The fraction of sp³-hybridized carbons (Fsp3) is 0.286. The highest BCUT2D eigenvalue weighted by atomic mass is 32.2. The molecule has 3 rings (SSSR count). The monoisotopic (exact) mass is 411 g/mol. The topological polar surface area (TPSA) is 87.1 Å². The number of methoxy groups -OCH3 is 1. The molecule has 1 heterocycles. The first kappa shape index (κ1) is 20.7. The number of thioether (sulfide) groups is 1. The van der Waals surface area contributed by atoms with Gasteiger partial charge in [0.25, 0.3) is 5.91 Å². The third-order valence-corrected chi connectivity index (χ3v) is 5.24. The highest BCUT2D eigenvalue weighted by Crippen LogP contribution is 2.22. The van der Waals surface area contributed by atoms with Crippen LogP contribution in [0.3, 0.4) is 0 Å². The number of hydrazone groups is 1. The Hall–Kier alpha value is -3.00. The average Bonchev–Trinajstić information content (AvgIpc) is 2.77. The SMILES string of the molecule is COc1ccccc1NCC(=O)N/N=C(/C)c1ccc(NC2=NCCCS2)cc1. The Morgan fingerprint density at radius 2 is 2.00 bits per heavy atom. The zero-order valence-corrected chi connectivity index (χ0v) is 17.4. The summed E-state index contributed by atoms with van der Waals surface area (Å²) in [6, 6.07) is 15.3. The largest absolute Gasteiger partial charge is 0.495 e. The van der Waals surface area contributed by atoms with Gasteiger partial charge in [-0.15, -0.1) is 0 Å². The molecule has 7 nitrogen and oxygen atoms in total. The average molecular weight is 412 g/mol. The quantitative estimate of drug-likeness (QED) is 0.479. The van der Waals surface area contributed by atoms with Crippen LogP contribution in [0, 0.1) is 0 Å². The number of carbonyl (C=O) groups excluding carboxylic acids is 1. The van der Waals surface area contributed by atoms with Crippen LogP contribution < -0.4 is 20.8 Å². The second kappa shape index (κ2) is 10.5. The maximum atomic E-state index is 12.1. The molecular formula is C21H25N5O2S. The van der Waals surface area contributed by atoms with E-state index in [-0.39, 0.29) is 12.5 Å². The number of benzene rings is 2. The van der Waals surface area contributed by atoms with Crippen LogP contribution in [-0.4, -0.2) is 42.7 Å². The molecule has 2 aromatic carbocycles. The van der Waals surface area contributed by atoms with Crippen molar-refractivity contribution in [1.29, 1.82) is 0 Å². The van der Waals surface area contributed by atoms with Crippen molar-refractivity contribution < 1.29 is 9.53 Å². The number of anilines is 2. The summed E-state index contributed by atoms with van der Waals surface area (Å²) in [7, 11) is 1.59. The molecule has 0 fully saturated rings. The summed E-state index contributed by atoms with van der Waals surface area (Å²) in [4.78, 5) is 16.5. The van der Waals surface area contributed by atoms with Gasteiger partial charge in [-0.1, -0.05) is 36.0 Å². The van der Waals surface area contributed by atoms with E-state index in [2.05, 4.69) is 26.2 Å². The molecule has 0 unspecified atom stereocenters. The standard InChI is InChI=1S/C21H25N5O2S/c1-15(16-8-10-17(11-9-16)24-21-22-12-5-13-29-21)25-26-20(27)14-23-18-6-3-4-7-19(18)28-2/h3-4,6-11,23H,5,12-14H2,1-2H3,(H,22,24)(H,26,27)/b25-15-. The Labute approximate surface area is 175 Å². The predicted molar refractivity (Wildman–Crippen MR) is 121 cm³/mol. The van der Waals surface area contributed by atoms with E-state index in [1.807, 2.05) is 55.5 Å². The summed E-state index contributed by atoms with van der Waals surface area (Å²) < 4.78 is 5.26. The molecule has 1 aliphatic heterocycles. The Morgan fingerprint density at radius 1 is 1.21 bits per heavy atom. The van der Waals surface area contributed by atoms with Gasteiger partial charge < -0.3 is 15.4 Å². The van der Waals surface area contributed by atoms with Crippen LogP contribution in [0.5, 0.6) is 5.75 Å². The molecule has 8 heteroatoms. The van der Waals surface area contributed by atoms with Crippen molar-refractivity contribution in [2.75, 3.05) is 36.6 Å². The molecule has 0 atom stereocenters. The molecule has 3 N–H and O–H groups in total. The zero-order valence-electron chi connectivity index (χ0n) is 16.6. The minimum absolute atomic E-state index is 0.0970. The van der Waals surface area contributed by atoms with E-state index in [4.69, 9.17) is 4.74 Å². The molecule has 0 aliphatic carbocycles. The van der Waals surface area contributed by atoms with Crippen LogP contribution in [0.15, 0.2) is 58.6 Å². The fourth-order valence-electron chi connectivity index (χ4n) is 2.67. The highest BCUT2D eigenvalue weighted by Gasteiger charge is 2.07. The number of amidine groups is 1. The van der Waals surface area contributed by atoms with Crippen LogP contribution >= 0.6 is 11.8 Å². The van der Waals surface area contributed by atoms with E-state index >= 15 is 0 Å². The number of rotatable bonds is 7. The fourth-order valence-corrected chi connectivity index (χ4v) is 3.51. The number of hydrogen-bond donors (Lipinski definition) is 3. The molecule has 1 aliphatic rings. The minimum atomic E-state index is -0.235. The van der Waals surface area contributed by atoms with E-state index in [1.54, 1.807) is 18.9 Å². The van der Waals surface area contributed by atoms with Gasteiger partial charge in [-0.25, -0.2) is 5.43 Å². The van der Waals surface area contributed by atoms with Gasteiger partial charge in [0.05, 0.1) is 25.1 Å². The second-order valence-corrected chi connectivity index (χ2v) is 7.46. The Kier molecular flexibility index (Phi) is 7.52. The van der Waals surface area contributed by atoms with E-state index in [1.165, 1.54) is 0 Å². The number of para-hydroxylation sites is 2. The summed E-state index contributed by atoms with van der Waals surface area (Å²) in [6.07, 6.45) is 1.13. The summed E-state index contributed by atoms with van der Waals surface area (Å²) in [5, 5.41) is 11.5. The molecular weight excluding hydrogens is 386 g/mol.